The van der Waals surface area contributed by atoms with Gasteiger partial charge in [0.25, 0.3) is 10.0 Å². The molecule has 0 amide bonds. The maximum absolute atomic E-state index is 12.5. The van der Waals surface area contributed by atoms with E-state index in [1.807, 2.05) is 0 Å². The van der Waals surface area contributed by atoms with E-state index in [0.717, 1.165) is 16.4 Å². The topological polar surface area (TPSA) is 74.7 Å². The molecule has 118 valence electrons. The summed E-state index contributed by atoms with van der Waals surface area (Å²) < 4.78 is 62.6. The van der Waals surface area contributed by atoms with Gasteiger partial charge >= 0.3 is 12.1 Å². The molecule has 1 unspecified atom stereocenters. The van der Waals surface area contributed by atoms with E-state index in [-0.39, 0.29) is 24.4 Å². The van der Waals surface area contributed by atoms with Crippen LogP contribution in [0.1, 0.15) is 17.7 Å². The van der Waals surface area contributed by atoms with Gasteiger partial charge in [-0.25, -0.2) is 8.42 Å². The fraction of sp³-hybridized carbons (Fsp3) is 0.545. The van der Waals surface area contributed by atoms with Crippen molar-refractivity contribution in [3.05, 3.63) is 17.0 Å². The van der Waals surface area contributed by atoms with Crippen LogP contribution >= 0.6 is 11.3 Å². The standard InChI is InChI=1S/C11H12F3NO4S2/c12-11(13,14)8-3-4-9(20-8)21(18,19)15-5-1-2-7(6-15)10(16)17/h3-4,7H,1-2,5-6H2,(H,16,17). The number of carbonyl (C=O) groups is 1. The van der Waals surface area contributed by atoms with Crippen LogP contribution in [-0.2, 0) is 21.0 Å². The van der Waals surface area contributed by atoms with Crippen molar-refractivity contribution in [1.29, 1.82) is 0 Å². The summed E-state index contributed by atoms with van der Waals surface area (Å²) in [6, 6.07) is 1.63. The number of hydrogen-bond acceptors (Lipinski definition) is 4. The lowest BCUT2D eigenvalue weighted by molar-refractivity contribution is -0.143. The predicted molar refractivity (Wildman–Crippen MR) is 68.4 cm³/mol. The van der Waals surface area contributed by atoms with Gasteiger partial charge in [-0.2, -0.15) is 17.5 Å². The fourth-order valence-electron chi connectivity index (χ4n) is 2.10. The Morgan fingerprint density at radius 2 is 2.05 bits per heavy atom. The molecule has 1 saturated heterocycles. The van der Waals surface area contributed by atoms with Crippen LogP contribution in [-0.4, -0.2) is 36.9 Å². The minimum atomic E-state index is -4.59. The first-order chi connectivity index (χ1) is 9.62. The number of aliphatic carboxylic acids is 1. The van der Waals surface area contributed by atoms with Gasteiger partial charge in [0.2, 0.25) is 0 Å². The lowest BCUT2D eigenvalue weighted by Crippen LogP contribution is -2.42. The van der Waals surface area contributed by atoms with Crippen molar-refractivity contribution in [1.82, 2.24) is 4.31 Å². The molecule has 1 aliphatic heterocycles. The number of rotatable bonds is 3. The normalized spacial score (nSPS) is 21.4. The quantitative estimate of drug-likeness (QED) is 0.913. The zero-order valence-corrected chi connectivity index (χ0v) is 12.3. The number of hydrogen-bond donors (Lipinski definition) is 1. The molecule has 5 nitrogen and oxygen atoms in total. The molecular formula is C11H12F3NO4S2. The second kappa shape index (κ2) is 5.58. The summed E-state index contributed by atoms with van der Waals surface area (Å²) in [5.41, 5.74) is 0. The Bertz CT molecular complexity index is 638. The lowest BCUT2D eigenvalue weighted by Gasteiger charge is -2.29. The number of carboxylic acid groups (broad SMARTS) is 1. The monoisotopic (exact) mass is 343 g/mol. The Labute approximate surface area is 123 Å². The number of alkyl halides is 3. The van der Waals surface area contributed by atoms with Crippen molar-refractivity contribution in [2.24, 2.45) is 5.92 Å². The Morgan fingerprint density at radius 3 is 2.57 bits per heavy atom. The number of sulfonamides is 1. The van der Waals surface area contributed by atoms with Gasteiger partial charge in [0, 0.05) is 13.1 Å². The second-order valence-electron chi connectivity index (χ2n) is 4.66. The van der Waals surface area contributed by atoms with Gasteiger partial charge in [-0.3, -0.25) is 4.79 Å². The molecule has 1 fully saturated rings. The van der Waals surface area contributed by atoms with Crippen molar-refractivity contribution in [3.63, 3.8) is 0 Å². The maximum Gasteiger partial charge on any atom is 0.425 e. The molecule has 1 atom stereocenters. The highest BCUT2D eigenvalue weighted by atomic mass is 32.2. The van der Waals surface area contributed by atoms with Crippen LogP contribution in [0.15, 0.2) is 16.3 Å². The average Bonchev–Trinajstić information content (AvgIpc) is 2.89. The SMILES string of the molecule is O=C(O)C1CCCN(S(=O)(=O)c2ccc(C(F)(F)F)s2)C1. The van der Waals surface area contributed by atoms with Gasteiger partial charge in [-0.05, 0) is 25.0 Å². The van der Waals surface area contributed by atoms with Crippen LogP contribution in [0.5, 0.6) is 0 Å². The van der Waals surface area contributed by atoms with Gasteiger partial charge in [-0.15, -0.1) is 11.3 Å². The van der Waals surface area contributed by atoms with Gasteiger partial charge in [-0.1, -0.05) is 0 Å². The van der Waals surface area contributed by atoms with Gasteiger partial charge in [0.1, 0.15) is 9.09 Å². The first-order valence-corrected chi connectivity index (χ1v) is 8.28. The van der Waals surface area contributed by atoms with E-state index in [1.165, 1.54) is 0 Å². The third-order valence-corrected chi connectivity index (χ3v) is 6.65. The molecule has 0 bridgehead atoms. The molecule has 0 aromatic carbocycles. The third-order valence-electron chi connectivity index (χ3n) is 3.19. The zero-order valence-electron chi connectivity index (χ0n) is 10.6. The summed E-state index contributed by atoms with van der Waals surface area (Å²) >= 11 is 0.148. The Morgan fingerprint density at radius 1 is 1.38 bits per heavy atom. The van der Waals surface area contributed by atoms with Crippen LogP contribution in [0, 0.1) is 5.92 Å². The summed E-state index contributed by atoms with van der Waals surface area (Å²) in [4.78, 5) is 9.94. The third kappa shape index (κ3) is 3.38. The van der Waals surface area contributed by atoms with E-state index >= 15 is 0 Å². The lowest BCUT2D eigenvalue weighted by atomic mass is 10.0. The molecule has 1 aromatic rings. The molecule has 10 heteroatoms. The molecule has 0 saturated carbocycles. The molecular weight excluding hydrogens is 331 g/mol. The van der Waals surface area contributed by atoms with Crippen molar-refractivity contribution >= 4 is 27.3 Å². The van der Waals surface area contributed by atoms with E-state index in [2.05, 4.69) is 0 Å². The highest BCUT2D eigenvalue weighted by molar-refractivity contribution is 7.91. The average molecular weight is 343 g/mol. The predicted octanol–water partition coefficient (Wildman–Crippen LogP) is 2.25. The zero-order chi connectivity index (χ0) is 15.8. The molecule has 1 N–H and O–H groups in total. The van der Waals surface area contributed by atoms with E-state index in [1.54, 1.807) is 0 Å². The van der Waals surface area contributed by atoms with Crippen molar-refractivity contribution in [3.8, 4) is 0 Å². The van der Waals surface area contributed by atoms with Crippen LogP contribution < -0.4 is 0 Å². The molecule has 0 radical (unpaired) electrons. The number of nitrogens with zero attached hydrogens (tertiary/aromatic N) is 1. The fourth-order valence-corrected chi connectivity index (χ4v) is 4.95. The van der Waals surface area contributed by atoms with Gasteiger partial charge in [0.05, 0.1) is 5.92 Å². The summed E-state index contributed by atoms with van der Waals surface area (Å²) in [6.07, 6.45) is -3.86. The number of piperidine rings is 1. The first-order valence-electron chi connectivity index (χ1n) is 6.02. The molecule has 2 rings (SSSR count). The van der Waals surface area contributed by atoms with E-state index in [4.69, 9.17) is 5.11 Å². The van der Waals surface area contributed by atoms with Crippen molar-refractivity contribution in [2.45, 2.75) is 23.2 Å². The van der Waals surface area contributed by atoms with Crippen LogP contribution in [0.2, 0.25) is 0 Å². The molecule has 1 aliphatic rings. The van der Waals surface area contributed by atoms with Crippen molar-refractivity contribution in [2.75, 3.05) is 13.1 Å². The highest BCUT2D eigenvalue weighted by Gasteiger charge is 2.37. The summed E-state index contributed by atoms with van der Waals surface area (Å²) in [5.74, 6) is -1.92. The highest BCUT2D eigenvalue weighted by Crippen LogP contribution is 2.37. The molecule has 1 aromatic heterocycles. The van der Waals surface area contributed by atoms with Crippen molar-refractivity contribution < 1.29 is 31.5 Å². The van der Waals surface area contributed by atoms with E-state index in [9.17, 15) is 26.4 Å². The summed E-state index contributed by atoms with van der Waals surface area (Å²) in [7, 11) is -4.08. The second-order valence-corrected chi connectivity index (χ2v) is 7.91. The number of halogens is 3. The molecule has 21 heavy (non-hydrogen) atoms. The Kier molecular flexibility index (Phi) is 4.31. The summed E-state index contributed by atoms with van der Waals surface area (Å²) in [5, 5.41) is 8.94. The smallest absolute Gasteiger partial charge is 0.425 e. The maximum atomic E-state index is 12.5. The van der Waals surface area contributed by atoms with Gasteiger partial charge < -0.3 is 5.11 Å². The van der Waals surface area contributed by atoms with Crippen LogP contribution in [0.25, 0.3) is 0 Å². The molecule has 0 spiro atoms. The first kappa shape index (κ1) is 16.2. The molecule has 0 aliphatic carbocycles. The van der Waals surface area contributed by atoms with E-state index in [0.29, 0.717) is 12.8 Å². The largest absolute Gasteiger partial charge is 0.481 e. The minimum Gasteiger partial charge on any atom is -0.481 e. The Balaban J connectivity index is 2.25. The summed E-state index contributed by atoms with van der Waals surface area (Å²) in [6.45, 7) is -0.0950. The van der Waals surface area contributed by atoms with Crippen LogP contribution in [0.4, 0.5) is 13.2 Å². The Hall–Kier alpha value is -1.13. The van der Waals surface area contributed by atoms with Crippen LogP contribution in [0.3, 0.4) is 0 Å². The number of thiophene rings is 1. The minimum absolute atomic E-state index is 0.116. The van der Waals surface area contributed by atoms with Gasteiger partial charge in [0.15, 0.2) is 0 Å². The van der Waals surface area contributed by atoms with E-state index < -0.39 is 37.2 Å². The molecule has 2 heterocycles. The number of carboxylic acids is 1.